The van der Waals surface area contributed by atoms with Crippen LogP contribution in [0.15, 0.2) is 0 Å². The minimum absolute atomic E-state index is 0.0488. The molecule has 0 unspecified atom stereocenters. The van der Waals surface area contributed by atoms with Crippen molar-refractivity contribution in [2.24, 2.45) is 16.7 Å². The van der Waals surface area contributed by atoms with E-state index in [0.29, 0.717) is 0 Å². The summed E-state index contributed by atoms with van der Waals surface area (Å²) >= 11 is 0. The van der Waals surface area contributed by atoms with Crippen molar-refractivity contribution in [1.82, 2.24) is 0 Å². The second-order valence-corrected chi connectivity index (χ2v) is 8.69. The smallest absolute Gasteiger partial charge is 0.169 e. The zero-order valence-electron chi connectivity index (χ0n) is 16.5. The van der Waals surface area contributed by atoms with Crippen LogP contribution in [-0.2, 0) is 14.3 Å². The molecule has 0 heterocycles. The van der Waals surface area contributed by atoms with E-state index in [2.05, 4.69) is 41.5 Å². The summed E-state index contributed by atoms with van der Waals surface area (Å²) in [6, 6.07) is 0. The first-order chi connectivity index (χ1) is 10.6. The molecule has 0 aromatic heterocycles. The molecule has 0 radical (unpaired) electrons. The lowest BCUT2D eigenvalue weighted by atomic mass is 9.54. The average Bonchev–Trinajstić information content (AvgIpc) is 2.35. The molecule has 0 bridgehead atoms. The number of unbranched alkanes of at least 4 members (excludes halogenated alkanes) is 2. The number of ketones is 1. The molecule has 0 aliphatic heterocycles. The molecule has 1 saturated carbocycles. The van der Waals surface area contributed by atoms with Crippen LogP contribution in [-0.4, -0.2) is 24.8 Å². The van der Waals surface area contributed by atoms with Gasteiger partial charge >= 0.3 is 0 Å². The Kier molecular flexibility index (Phi) is 7.28. The maximum Gasteiger partial charge on any atom is 0.169 e. The van der Waals surface area contributed by atoms with E-state index < -0.39 is 5.79 Å². The summed E-state index contributed by atoms with van der Waals surface area (Å²) in [7, 11) is 0. The molecule has 0 N–H and O–H groups in total. The fraction of sp³-hybridized carbons (Fsp3) is 0.950. The Morgan fingerprint density at radius 1 is 0.913 bits per heavy atom. The van der Waals surface area contributed by atoms with Crippen molar-refractivity contribution < 1.29 is 14.3 Å². The molecule has 3 nitrogen and oxygen atoms in total. The number of Topliss-reactive ketones (excluding diaryl/α,β-unsaturated/α-hetero) is 1. The summed E-state index contributed by atoms with van der Waals surface area (Å²) in [6.07, 6.45) is 5.93. The van der Waals surface area contributed by atoms with Gasteiger partial charge in [-0.3, -0.25) is 4.79 Å². The van der Waals surface area contributed by atoms with E-state index in [4.69, 9.17) is 9.47 Å². The molecule has 1 fully saturated rings. The lowest BCUT2D eigenvalue weighted by molar-refractivity contribution is -0.293. The van der Waals surface area contributed by atoms with Crippen LogP contribution in [0.2, 0.25) is 0 Å². The van der Waals surface area contributed by atoms with Crippen molar-refractivity contribution in [3.05, 3.63) is 0 Å². The van der Waals surface area contributed by atoms with Gasteiger partial charge in [0, 0.05) is 18.8 Å². The van der Waals surface area contributed by atoms with Gasteiger partial charge in [0.1, 0.15) is 5.78 Å². The third-order valence-electron chi connectivity index (χ3n) is 5.15. The summed E-state index contributed by atoms with van der Waals surface area (Å²) in [5.41, 5.74) is -0.238. The molecule has 1 aliphatic rings. The molecule has 3 heteroatoms. The lowest BCUT2D eigenvalue weighted by Crippen LogP contribution is -2.56. The molecular formula is C20H38O3. The Hall–Kier alpha value is -0.410. The second-order valence-electron chi connectivity index (χ2n) is 8.69. The summed E-state index contributed by atoms with van der Waals surface area (Å²) in [5.74, 6) is -0.202. The van der Waals surface area contributed by atoms with Crippen LogP contribution >= 0.6 is 0 Å². The zero-order valence-corrected chi connectivity index (χ0v) is 16.5. The second kappa shape index (κ2) is 8.11. The highest BCUT2D eigenvalue weighted by molar-refractivity contribution is 5.80. The number of hydrogen-bond acceptors (Lipinski definition) is 3. The Morgan fingerprint density at radius 2 is 1.30 bits per heavy atom. The van der Waals surface area contributed by atoms with Gasteiger partial charge in [0.15, 0.2) is 5.79 Å². The van der Waals surface area contributed by atoms with Crippen molar-refractivity contribution in [1.29, 1.82) is 0 Å². The quantitative estimate of drug-likeness (QED) is 0.422. The highest BCUT2D eigenvalue weighted by Gasteiger charge is 2.56. The number of rotatable bonds is 9. The molecule has 0 spiro atoms. The monoisotopic (exact) mass is 326 g/mol. The predicted molar refractivity (Wildman–Crippen MR) is 95.4 cm³/mol. The fourth-order valence-electron chi connectivity index (χ4n) is 4.86. The molecule has 0 aromatic carbocycles. The zero-order chi connectivity index (χ0) is 17.7. The normalized spacial score (nSPS) is 22.9. The Labute approximate surface area is 143 Å². The van der Waals surface area contributed by atoms with E-state index in [0.717, 1.165) is 51.7 Å². The van der Waals surface area contributed by atoms with Gasteiger partial charge in [-0.15, -0.1) is 0 Å². The van der Waals surface area contributed by atoms with Gasteiger partial charge in [0.25, 0.3) is 0 Å². The molecular weight excluding hydrogens is 288 g/mol. The van der Waals surface area contributed by atoms with Gasteiger partial charge in [-0.05, 0) is 30.6 Å². The molecule has 0 saturated heterocycles. The van der Waals surface area contributed by atoms with Gasteiger partial charge in [-0.2, -0.15) is 0 Å². The Bertz CT molecular complexity index is 354. The summed E-state index contributed by atoms with van der Waals surface area (Å²) in [4.78, 5) is 12.3. The van der Waals surface area contributed by atoms with Crippen LogP contribution in [0.3, 0.4) is 0 Å². The maximum absolute atomic E-state index is 12.3. The van der Waals surface area contributed by atoms with Crippen molar-refractivity contribution >= 4 is 5.78 Å². The first kappa shape index (κ1) is 20.6. The highest BCUT2D eigenvalue weighted by atomic mass is 16.7. The molecule has 1 aliphatic carbocycles. The van der Waals surface area contributed by atoms with E-state index in [1.165, 1.54) is 0 Å². The molecule has 136 valence electrons. The Morgan fingerprint density at radius 3 is 1.61 bits per heavy atom. The minimum atomic E-state index is -0.538. The highest BCUT2D eigenvalue weighted by Crippen LogP contribution is 2.56. The van der Waals surface area contributed by atoms with Crippen LogP contribution in [0.4, 0.5) is 0 Å². The van der Waals surface area contributed by atoms with E-state index >= 15 is 0 Å². The minimum Gasteiger partial charge on any atom is -0.350 e. The van der Waals surface area contributed by atoms with Gasteiger partial charge < -0.3 is 9.47 Å². The van der Waals surface area contributed by atoms with E-state index in [9.17, 15) is 4.79 Å². The van der Waals surface area contributed by atoms with Crippen LogP contribution < -0.4 is 0 Å². The van der Waals surface area contributed by atoms with Crippen LogP contribution in [0.25, 0.3) is 0 Å². The van der Waals surface area contributed by atoms with E-state index in [1.54, 1.807) is 6.92 Å². The lowest BCUT2D eigenvalue weighted by Gasteiger charge is -2.55. The van der Waals surface area contributed by atoms with Gasteiger partial charge in [0.05, 0.1) is 13.2 Å². The molecule has 0 aromatic rings. The number of ether oxygens (including phenoxy) is 2. The third-order valence-corrected chi connectivity index (χ3v) is 5.15. The van der Waals surface area contributed by atoms with Crippen LogP contribution in [0.5, 0.6) is 0 Å². The average molecular weight is 327 g/mol. The standard InChI is InChI=1S/C20H38O3/c1-8-10-12-22-20(23-13-11-9-2)14-18(4,5)17(16(3)21)19(6,7)15-20/h17H,8-15H2,1-7H3. The van der Waals surface area contributed by atoms with Gasteiger partial charge in [0.2, 0.25) is 0 Å². The van der Waals surface area contributed by atoms with E-state index in [-0.39, 0.29) is 22.5 Å². The van der Waals surface area contributed by atoms with Crippen LogP contribution in [0.1, 0.15) is 87.0 Å². The van der Waals surface area contributed by atoms with Gasteiger partial charge in [-0.1, -0.05) is 54.4 Å². The Balaban J connectivity index is 3.03. The largest absolute Gasteiger partial charge is 0.350 e. The first-order valence-electron chi connectivity index (χ1n) is 9.38. The summed E-state index contributed by atoms with van der Waals surface area (Å²) < 4.78 is 12.6. The first-order valence-corrected chi connectivity index (χ1v) is 9.38. The molecule has 23 heavy (non-hydrogen) atoms. The van der Waals surface area contributed by atoms with Crippen LogP contribution in [0, 0.1) is 16.7 Å². The topological polar surface area (TPSA) is 35.5 Å². The fourth-order valence-corrected chi connectivity index (χ4v) is 4.86. The maximum atomic E-state index is 12.3. The SMILES string of the molecule is CCCCOC1(OCCCC)CC(C)(C)C(C(C)=O)C(C)(C)C1. The number of carbonyl (C=O) groups excluding carboxylic acids is 1. The van der Waals surface area contributed by atoms with Crippen molar-refractivity contribution in [3.8, 4) is 0 Å². The predicted octanol–water partition coefficient (Wildman–Crippen LogP) is 5.37. The number of carbonyl (C=O) groups is 1. The van der Waals surface area contributed by atoms with Crippen molar-refractivity contribution in [2.75, 3.05) is 13.2 Å². The van der Waals surface area contributed by atoms with E-state index in [1.807, 2.05) is 0 Å². The third kappa shape index (κ3) is 5.29. The number of hydrogen-bond donors (Lipinski definition) is 0. The summed E-state index contributed by atoms with van der Waals surface area (Å²) in [5, 5.41) is 0. The van der Waals surface area contributed by atoms with Gasteiger partial charge in [-0.25, -0.2) is 0 Å². The van der Waals surface area contributed by atoms with Crippen molar-refractivity contribution in [3.63, 3.8) is 0 Å². The molecule has 0 amide bonds. The van der Waals surface area contributed by atoms with Crippen molar-refractivity contribution in [2.45, 2.75) is 92.8 Å². The summed E-state index contributed by atoms with van der Waals surface area (Å²) in [6.45, 7) is 16.3. The molecule has 0 atom stereocenters. The molecule has 1 rings (SSSR count).